The average Bonchev–Trinajstić information content (AvgIpc) is 3.34. The third-order valence-corrected chi connectivity index (χ3v) is 10.8. The van der Waals surface area contributed by atoms with Crippen molar-refractivity contribution in [2.75, 3.05) is 0 Å². The van der Waals surface area contributed by atoms with Gasteiger partial charge in [0.05, 0.1) is 0 Å². The van der Waals surface area contributed by atoms with E-state index in [1.807, 2.05) is 0 Å². The first-order chi connectivity index (χ1) is 11.2. The molecule has 0 aromatic rings. The lowest BCUT2D eigenvalue weighted by Gasteiger charge is -2.47. The predicted octanol–water partition coefficient (Wildman–Crippen LogP) is 5.25. The molecule has 12 unspecified atom stereocenters. The molecule has 6 saturated carbocycles. The molecular formula is C23H32. The van der Waals surface area contributed by atoms with E-state index in [-0.39, 0.29) is 0 Å². The van der Waals surface area contributed by atoms with Gasteiger partial charge >= 0.3 is 0 Å². The molecule has 0 aliphatic heterocycles. The van der Waals surface area contributed by atoms with E-state index in [9.17, 15) is 0 Å². The first-order valence-corrected chi connectivity index (χ1v) is 10.9. The highest BCUT2D eigenvalue weighted by Gasteiger charge is 2.73. The Balaban J connectivity index is 1.25. The predicted molar refractivity (Wildman–Crippen MR) is 92.4 cm³/mol. The minimum atomic E-state index is 0.941. The largest absolute Gasteiger partial charge is 0.0848 e. The fourth-order valence-electron chi connectivity index (χ4n) is 10.6. The Bertz CT molecular complexity index is 543. The molecule has 0 saturated heterocycles. The molecule has 6 fully saturated rings. The molecule has 7 rings (SSSR count). The van der Waals surface area contributed by atoms with Crippen molar-refractivity contribution in [3.05, 3.63) is 12.2 Å². The van der Waals surface area contributed by atoms with Crippen LogP contribution in [-0.2, 0) is 0 Å². The summed E-state index contributed by atoms with van der Waals surface area (Å²) in [5.41, 5.74) is 0. The van der Waals surface area contributed by atoms with Gasteiger partial charge in [0.25, 0.3) is 0 Å². The Morgan fingerprint density at radius 1 is 0.565 bits per heavy atom. The summed E-state index contributed by atoms with van der Waals surface area (Å²) < 4.78 is 0. The number of hydrogen-bond acceptors (Lipinski definition) is 0. The van der Waals surface area contributed by atoms with Gasteiger partial charge in [0.1, 0.15) is 0 Å². The van der Waals surface area contributed by atoms with Crippen molar-refractivity contribution < 1.29 is 0 Å². The van der Waals surface area contributed by atoms with Crippen LogP contribution in [-0.4, -0.2) is 0 Å². The van der Waals surface area contributed by atoms with Gasteiger partial charge in [0.15, 0.2) is 0 Å². The van der Waals surface area contributed by atoms with Crippen LogP contribution < -0.4 is 0 Å². The third kappa shape index (κ3) is 1.30. The maximum atomic E-state index is 2.64. The molecule has 6 bridgehead atoms. The normalized spacial score (nSPS) is 69.1. The fraction of sp³-hybridized carbons (Fsp3) is 0.913. The highest BCUT2D eigenvalue weighted by molar-refractivity contribution is 5.26. The van der Waals surface area contributed by atoms with Gasteiger partial charge in [-0.05, 0) is 115 Å². The van der Waals surface area contributed by atoms with E-state index in [1.54, 1.807) is 32.1 Å². The molecule has 0 spiro atoms. The van der Waals surface area contributed by atoms with E-state index >= 15 is 0 Å². The Morgan fingerprint density at radius 2 is 1.09 bits per heavy atom. The fourth-order valence-corrected chi connectivity index (χ4v) is 10.6. The highest BCUT2D eigenvalue weighted by atomic mass is 14.8. The molecule has 0 radical (unpaired) electrons. The second kappa shape index (κ2) is 3.94. The molecule has 7 aliphatic carbocycles. The maximum Gasteiger partial charge on any atom is -0.0194 e. The number of rotatable bonds is 1. The standard InChI is InChI=1S/C23H32/c1-10(2)13-6-14-15(7-13)17-8-16(14)22-18-9-19(23(17)22)21-12-4-3-11(5-12)20(18)21/h3-4,10-23H,5-9H2,1-2H3. The lowest BCUT2D eigenvalue weighted by atomic mass is 9.58. The smallest absolute Gasteiger partial charge is 0.0194 e. The lowest BCUT2D eigenvalue weighted by molar-refractivity contribution is 0.00969. The van der Waals surface area contributed by atoms with Crippen LogP contribution in [0, 0.1) is 82.9 Å². The summed E-state index contributed by atoms with van der Waals surface area (Å²) in [5.74, 6) is 15.8. The number of hydrogen-bond donors (Lipinski definition) is 0. The first-order valence-electron chi connectivity index (χ1n) is 10.9. The Hall–Kier alpha value is -0.260. The van der Waals surface area contributed by atoms with Crippen LogP contribution in [0.2, 0.25) is 0 Å². The molecule has 23 heavy (non-hydrogen) atoms. The van der Waals surface area contributed by atoms with Crippen molar-refractivity contribution in [1.82, 2.24) is 0 Å². The van der Waals surface area contributed by atoms with E-state index in [0.29, 0.717) is 0 Å². The summed E-state index contributed by atoms with van der Waals surface area (Å²) in [4.78, 5) is 0. The zero-order chi connectivity index (χ0) is 15.0. The van der Waals surface area contributed by atoms with Crippen molar-refractivity contribution in [2.24, 2.45) is 82.9 Å². The summed E-state index contributed by atoms with van der Waals surface area (Å²) in [6.07, 6.45) is 13.4. The van der Waals surface area contributed by atoms with Crippen LogP contribution in [0.3, 0.4) is 0 Å². The molecule has 7 aliphatic rings. The van der Waals surface area contributed by atoms with Gasteiger partial charge in [-0.3, -0.25) is 0 Å². The van der Waals surface area contributed by atoms with Crippen molar-refractivity contribution in [3.63, 3.8) is 0 Å². The average molecular weight is 309 g/mol. The van der Waals surface area contributed by atoms with Gasteiger partial charge in [-0.15, -0.1) is 0 Å². The van der Waals surface area contributed by atoms with Crippen LogP contribution in [0.4, 0.5) is 0 Å². The van der Waals surface area contributed by atoms with Crippen molar-refractivity contribution in [2.45, 2.75) is 46.0 Å². The Morgan fingerprint density at radius 3 is 1.61 bits per heavy atom. The van der Waals surface area contributed by atoms with Crippen LogP contribution in [0.1, 0.15) is 46.0 Å². The van der Waals surface area contributed by atoms with Gasteiger partial charge in [-0.1, -0.05) is 26.0 Å². The molecule has 0 aromatic carbocycles. The van der Waals surface area contributed by atoms with E-state index < -0.39 is 0 Å². The van der Waals surface area contributed by atoms with Gasteiger partial charge in [-0.25, -0.2) is 0 Å². The Kier molecular flexibility index (Phi) is 2.23. The van der Waals surface area contributed by atoms with E-state index in [4.69, 9.17) is 0 Å². The van der Waals surface area contributed by atoms with Gasteiger partial charge in [0, 0.05) is 0 Å². The molecule has 12 atom stereocenters. The van der Waals surface area contributed by atoms with Crippen LogP contribution in [0.25, 0.3) is 0 Å². The third-order valence-electron chi connectivity index (χ3n) is 10.8. The van der Waals surface area contributed by atoms with Gasteiger partial charge in [-0.2, -0.15) is 0 Å². The van der Waals surface area contributed by atoms with Crippen LogP contribution >= 0.6 is 0 Å². The topological polar surface area (TPSA) is 0 Å². The SMILES string of the molecule is CC(C)C1CC2C(C1)C1CC2C2C3CC(C4C5C=CC(C5)C34)C12. The molecule has 0 heterocycles. The number of fused-ring (bicyclic) bond motifs is 19. The quantitative estimate of drug-likeness (QED) is 0.458. The van der Waals surface area contributed by atoms with E-state index in [2.05, 4.69) is 26.0 Å². The summed E-state index contributed by atoms with van der Waals surface area (Å²) in [6.45, 7) is 4.98. The van der Waals surface area contributed by atoms with Gasteiger partial charge in [0.2, 0.25) is 0 Å². The van der Waals surface area contributed by atoms with Crippen LogP contribution in [0.15, 0.2) is 12.2 Å². The summed E-state index contributed by atoms with van der Waals surface area (Å²) in [6, 6.07) is 0. The number of allylic oxidation sites excluding steroid dienone is 2. The maximum absolute atomic E-state index is 2.64. The summed E-state index contributed by atoms with van der Waals surface area (Å²) in [5, 5.41) is 0. The molecule has 0 heteroatoms. The monoisotopic (exact) mass is 308 g/mol. The minimum Gasteiger partial charge on any atom is -0.0848 e. The molecule has 0 N–H and O–H groups in total. The summed E-state index contributed by atoms with van der Waals surface area (Å²) >= 11 is 0. The molecular weight excluding hydrogens is 276 g/mol. The highest BCUT2D eigenvalue weighted by Crippen LogP contribution is 2.78. The van der Waals surface area contributed by atoms with E-state index in [0.717, 1.165) is 35.5 Å². The second-order valence-corrected chi connectivity index (χ2v) is 11.2. The van der Waals surface area contributed by atoms with Crippen molar-refractivity contribution in [1.29, 1.82) is 0 Å². The molecule has 124 valence electrons. The van der Waals surface area contributed by atoms with Crippen molar-refractivity contribution >= 4 is 0 Å². The van der Waals surface area contributed by atoms with Crippen molar-refractivity contribution in [3.8, 4) is 0 Å². The zero-order valence-electron chi connectivity index (χ0n) is 14.8. The van der Waals surface area contributed by atoms with E-state index in [1.165, 1.54) is 47.3 Å². The molecule has 0 amide bonds. The first kappa shape index (κ1) is 13.0. The Labute approximate surface area is 141 Å². The molecule has 0 nitrogen and oxygen atoms in total. The van der Waals surface area contributed by atoms with Gasteiger partial charge < -0.3 is 0 Å². The second-order valence-electron chi connectivity index (χ2n) is 11.2. The summed E-state index contributed by atoms with van der Waals surface area (Å²) in [7, 11) is 0. The minimum absolute atomic E-state index is 0.941. The zero-order valence-corrected chi connectivity index (χ0v) is 14.8. The van der Waals surface area contributed by atoms with Crippen LogP contribution in [0.5, 0.6) is 0 Å². The molecule has 0 aromatic heterocycles. The lowest BCUT2D eigenvalue weighted by Crippen LogP contribution is -2.43.